The average Bonchev–Trinajstić information content (AvgIpc) is 3.23. The molecule has 1 aromatic carbocycles. The van der Waals surface area contributed by atoms with Crippen LogP contribution in [-0.4, -0.2) is 56.0 Å². The van der Waals surface area contributed by atoms with Gasteiger partial charge in [-0.1, -0.05) is 29.8 Å². The van der Waals surface area contributed by atoms with E-state index in [2.05, 4.69) is 61.5 Å². The zero-order valence-corrected chi connectivity index (χ0v) is 20.8. The first-order chi connectivity index (χ1) is 13.7. The number of hydrogen-bond acceptors (Lipinski definition) is 5. The molecule has 0 saturated carbocycles. The van der Waals surface area contributed by atoms with Crippen LogP contribution >= 0.6 is 31.9 Å². The maximum Gasteiger partial charge on any atom is 0.242 e. The van der Waals surface area contributed by atoms with E-state index >= 15 is 0 Å². The second-order valence-electron chi connectivity index (χ2n) is 8.46. The van der Waals surface area contributed by atoms with Crippen LogP contribution in [-0.2, 0) is 10.0 Å². The van der Waals surface area contributed by atoms with Gasteiger partial charge in [0.05, 0.1) is 10.9 Å². The van der Waals surface area contributed by atoms with E-state index in [1.165, 1.54) is 19.3 Å². The van der Waals surface area contributed by atoms with E-state index in [-0.39, 0.29) is 17.0 Å². The van der Waals surface area contributed by atoms with E-state index in [1.54, 1.807) is 23.1 Å². The van der Waals surface area contributed by atoms with Crippen LogP contribution in [0.1, 0.15) is 39.5 Å². The van der Waals surface area contributed by atoms with Gasteiger partial charge >= 0.3 is 0 Å². The third-order valence-corrected chi connectivity index (χ3v) is 8.74. The Morgan fingerprint density at radius 2 is 2.07 bits per heavy atom. The van der Waals surface area contributed by atoms with Crippen molar-refractivity contribution < 1.29 is 8.42 Å². The Morgan fingerprint density at radius 3 is 2.76 bits per heavy atom. The number of likely N-dealkylation sites (tertiary alicyclic amines) is 2. The molecule has 0 aliphatic carbocycles. The Bertz CT molecular complexity index is 872. The monoisotopic (exact) mass is 546 g/mol. The van der Waals surface area contributed by atoms with Gasteiger partial charge in [-0.15, -0.1) is 0 Å². The van der Waals surface area contributed by atoms with Gasteiger partial charge in [0.2, 0.25) is 10.0 Å². The first-order valence-electron chi connectivity index (χ1n) is 10.1. The fraction of sp³-hybridized carbons (Fsp3) is 0.650. The minimum atomic E-state index is -3.68. The summed E-state index contributed by atoms with van der Waals surface area (Å²) in [5.41, 5.74) is 0. The van der Waals surface area contributed by atoms with Gasteiger partial charge in [-0.05, 0) is 72.3 Å². The summed E-state index contributed by atoms with van der Waals surface area (Å²) < 4.78 is 29.9. The van der Waals surface area contributed by atoms with E-state index in [4.69, 9.17) is 0 Å². The summed E-state index contributed by atoms with van der Waals surface area (Å²) in [6.07, 6.45) is 6.50. The van der Waals surface area contributed by atoms with Gasteiger partial charge in [-0.25, -0.2) is 13.1 Å². The first kappa shape index (κ1) is 23.0. The summed E-state index contributed by atoms with van der Waals surface area (Å²) in [5, 5.41) is 9.60. The SMILES string of the molecule is CC(C)CC1CCCN1CC1CC(NS(=O)(=O)c2cc(Br)ccc2Br)CN1C#N. The lowest BCUT2D eigenvalue weighted by molar-refractivity contribution is 0.179. The molecule has 2 saturated heterocycles. The highest BCUT2D eigenvalue weighted by Crippen LogP contribution is 2.29. The minimum absolute atomic E-state index is 0.0476. The van der Waals surface area contributed by atoms with Crippen LogP contribution in [0, 0.1) is 17.4 Å². The summed E-state index contributed by atoms with van der Waals surface area (Å²) in [6.45, 7) is 6.80. The van der Waals surface area contributed by atoms with Crippen molar-refractivity contribution >= 4 is 41.9 Å². The second kappa shape index (κ2) is 9.65. The molecule has 0 aromatic heterocycles. The molecule has 6 nitrogen and oxygen atoms in total. The van der Waals surface area contributed by atoms with E-state index in [1.807, 2.05) is 0 Å². The standard InChI is InChI=1S/C20H28Br2N4O2S/c1-14(2)8-17-4-3-7-25(17)12-18-10-16(11-26(18)13-23)24-29(27,28)20-9-15(21)5-6-19(20)22/h5-6,9,14,16-18,24H,3-4,7-8,10-12H2,1-2H3. The fourth-order valence-electron chi connectivity index (χ4n) is 4.48. The molecular weight excluding hydrogens is 520 g/mol. The molecule has 0 radical (unpaired) electrons. The van der Waals surface area contributed by atoms with Crippen molar-refractivity contribution in [2.75, 3.05) is 19.6 Å². The largest absolute Gasteiger partial charge is 0.305 e. The molecule has 0 amide bonds. The minimum Gasteiger partial charge on any atom is -0.305 e. The molecule has 2 aliphatic heterocycles. The Labute approximate surface area is 190 Å². The van der Waals surface area contributed by atoms with Gasteiger partial charge in [0.15, 0.2) is 6.19 Å². The molecule has 160 valence electrons. The molecule has 1 N–H and O–H groups in total. The Balaban J connectivity index is 1.67. The number of sulfonamides is 1. The van der Waals surface area contributed by atoms with Crippen molar-refractivity contribution in [2.24, 2.45) is 5.92 Å². The molecule has 3 rings (SSSR count). The summed E-state index contributed by atoms with van der Waals surface area (Å²) in [5.74, 6) is 0.652. The maximum absolute atomic E-state index is 12.9. The third-order valence-electron chi connectivity index (χ3n) is 5.74. The number of hydrogen-bond donors (Lipinski definition) is 1. The average molecular weight is 548 g/mol. The van der Waals surface area contributed by atoms with Gasteiger partial charge < -0.3 is 4.90 Å². The zero-order chi connectivity index (χ0) is 21.2. The maximum atomic E-state index is 12.9. The summed E-state index contributed by atoms with van der Waals surface area (Å²) in [6, 6.07) is 5.43. The van der Waals surface area contributed by atoms with E-state index < -0.39 is 10.0 Å². The number of nitrogens with zero attached hydrogens (tertiary/aromatic N) is 3. The lowest BCUT2D eigenvalue weighted by Gasteiger charge is -2.30. The van der Waals surface area contributed by atoms with Gasteiger partial charge in [0, 0.05) is 34.1 Å². The predicted molar refractivity (Wildman–Crippen MR) is 121 cm³/mol. The van der Waals surface area contributed by atoms with Crippen molar-refractivity contribution in [1.29, 1.82) is 5.26 Å². The normalized spacial score (nSPS) is 25.7. The molecule has 0 spiro atoms. The van der Waals surface area contributed by atoms with Crippen LogP contribution in [0.15, 0.2) is 32.0 Å². The first-order valence-corrected chi connectivity index (χ1v) is 13.1. The number of benzene rings is 1. The Hall–Kier alpha value is -0.660. The molecule has 2 fully saturated rings. The fourth-order valence-corrected chi connectivity index (χ4v) is 7.22. The van der Waals surface area contributed by atoms with Crippen LogP contribution in [0.5, 0.6) is 0 Å². The molecule has 9 heteroatoms. The van der Waals surface area contributed by atoms with Gasteiger partial charge in [0.25, 0.3) is 0 Å². The Morgan fingerprint density at radius 1 is 1.31 bits per heavy atom. The van der Waals surface area contributed by atoms with Crippen molar-refractivity contribution in [3.8, 4) is 6.19 Å². The number of nitrogens with one attached hydrogen (secondary N) is 1. The van der Waals surface area contributed by atoms with Crippen LogP contribution in [0.2, 0.25) is 0 Å². The predicted octanol–water partition coefficient (Wildman–Crippen LogP) is 3.92. The lowest BCUT2D eigenvalue weighted by atomic mass is 10.0. The van der Waals surface area contributed by atoms with Crippen LogP contribution in [0.3, 0.4) is 0 Å². The van der Waals surface area contributed by atoms with E-state index in [0.29, 0.717) is 33.9 Å². The number of halogens is 2. The molecule has 2 aliphatic rings. The number of rotatable bonds is 7. The number of nitriles is 1. The van der Waals surface area contributed by atoms with Crippen molar-refractivity contribution in [1.82, 2.24) is 14.5 Å². The summed E-state index contributed by atoms with van der Waals surface area (Å²) in [4.78, 5) is 4.44. The topological polar surface area (TPSA) is 76.4 Å². The molecule has 3 atom stereocenters. The highest BCUT2D eigenvalue weighted by atomic mass is 79.9. The molecule has 29 heavy (non-hydrogen) atoms. The third kappa shape index (κ3) is 5.73. The van der Waals surface area contributed by atoms with Gasteiger partial charge in [-0.2, -0.15) is 5.26 Å². The smallest absolute Gasteiger partial charge is 0.242 e. The second-order valence-corrected chi connectivity index (χ2v) is 11.9. The Kier molecular flexibility index (Phi) is 7.66. The molecule has 1 aromatic rings. The highest BCUT2D eigenvalue weighted by molar-refractivity contribution is 9.11. The van der Waals surface area contributed by atoms with Gasteiger partial charge in [0.1, 0.15) is 0 Å². The van der Waals surface area contributed by atoms with Crippen LogP contribution in [0.4, 0.5) is 0 Å². The zero-order valence-electron chi connectivity index (χ0n) is 16.8. The summed E-state index contributed by atoms with van der Waals surface area (Å²) >= 11 is 6.66. The molecule has 2 heterocycles. The van der Waals surface area contributed by atoms with Crippen molar-refractivity contribution in [2.45, 2.75) is 62.6 Å². The summed E-state index contributed by atoms with van der Waals surface area (Å²) in [7, 11) is -3.68. The lowest BCUT2D eigenvalue weighted by Crippen LogP contribution is -2.41. The highest BCUT2D eigenvalue weighted by Gasteiger charge is 2.37. The molecule has 3 unspecified atom stereocenters. The quantitative estimate of drug-likeness (QED) is 0.523. The molecular formula is C20H28Br2N4O2S. The van der Waals surface area contributed by atoms with Crippen molar-refractivity contribution in [3.63, 3.8) is 0 Å². The molecule has 0 bridgehead atoms. The van der Waals surface area contributed by atoms with E-state index in [9.17, 15) is 13.7 Å². The van der Waals surface area contributed by atoms with E-state index in [0.717, 1.165) is 13.1 Å². The van der Waals surface area contributed by atoms with Gasteiger partial charge in [-0.3, -0.25) is 4.90 Å². The van der Waals surface area contributed by atoms with Crippen LogP contribution in [0.25, 0.3) is 0 Å². The van der Waals surface area contributed by atoms with Crippen molar-refractivity contribution in [3.05, 3.63) is 27.1 Å². The van der Waals surface area contributed by atoms with Crippen LogP contribution < -0.4 is 4.72 Å².